The maximum absolute atomic E-state index is 11.3. The van der Waals surface area contributed by atoms with Gasteiger partial charge in [0.05, 0.1) is 29.4 Å². The molecule has 0 spiro atoms. The van der Waals surface area contributed by atoms with Gasteiger partial charge in [-0.05, 0) is 26.0 Å². The number of rotatable bonds is 3. The van der Waals surface area contributed by atoms with E-state index in [1.165, 1.54) is 7.05 Å². The lowest BCUT2D eigenvalue weighted by molar-refractivity contribution is 0.194. The Hall–Kier alpha value is -0.160. The number of allylic oxidation sites excluding steroid dienone is 2. The number of fused-ring (bicyclic) bond motifs is 5. The molecule has 4 rings (SSSR count). The number of hydrogen-bond donors (Lipinski definition) is 1. The fraction of sp³-hybridized carbons (Fsp3) is 0.550. The second kappa shape index (κ2) is 10.7. The largest absolute Gasteiger partial charge is 0.487 e. The van der Waals surface area contributed by atoms with Gasteiger partial charge in [0.1, 0.15) is 9.75 Å². The second-order valence-electron chi connectivity index (χ2n) is 7.86. The lowest BCUT2D eigenvalue weighted by Gasteiger charge is -2.33. The van der Waals surface area contributed by atoms with E-state index in [-0.39, 0.29) is 29.4 Å². The van der Waals surface area contributed by atoms with Crippen LogP contribution in [0.1, 0.15) is 13.8 Å². The molecule has 0 radical (unpaired) electrons. The van der Waals surface area contributed by atoms with E-state index in [1.54, 1.807) is 18.2 Å². The summed E-state index contributed by atoms with van der Waals surface area (Å²) in [6.45, 7) is 3.85. The number of para-hydroxylation sites is 2. The Kier molecular flexibility index (Phi) is 8.92. The summed E-state index contributed by atoms with van der Waals surface area (Å²) in [7, 11) is 1.51. The first-order valence-electron chi connectivity index (χ1n) is 9.97. The Bertz CT molecular complexity index is 970. The molecule has 1 aromatic rings. The molecule has 2 fully saturated rings. The van der Waals surface area contributed by atoms with Gasteiger partial charge in [-0.2, -0.15) is 4.21 Å². The van der Waals surface area contributed by atoms with Crippen LogP contribution in [0.25, 0.3) is 0 Å². The van der Waals surface area contributed by atoms with Crippen LogP contribution in [0.4, 0.5) is 4.79 Å². The Morgan fingerprint density at radius 3 is 1.94 bits per heavy atom. The molecule has 0 aromatic heterocycles. The van der Waals surface area contributed by atoms with E-state index in [0.29, 0.717) is 11.5 Å². The zero-order valence-corrected chi connectivity index (χ0v) is 23.4. The minimum atomic E-state index is -1.86. The van der Waals surface area contributed by atoms with E-state index in [1.807, 2.05) is 19.9 Å². The topological polar surface area (TPSA) is 83.1 Å². The van der Waals surface area contributed by atoms with E-state index in [4.69, 9.17) is 87.4 Å². The summed E-state index contributed by atoms with van der Waals surface area (Å²) in [6, 6.07) is 7.06. The zero-order chi connectivity index (χ0) is 25.5. The van der Waals surface area contributed by atoms with Crippen LogP contribution in [0.2, 0.25) is 0 Å². The van der Waals surface area contributed by atoms with Crippen LogP contribution in [0.5, 0.6) is 11.5 Å². The van der Waals surface area contributed by atoms with Gasteiger partial charge in [0.25, 0.3) is 0 Å². The van der Waals surface area contributed by atoms with Crippen molar-refractivity contribution in [2.75, 3.05) is 20.3 Å². The minimum Gasteiger partial charge on any atom is -0.487 e. The monoisotopic (exact) mass is 613 g/mol. The quantitative estimate of drug-likeness (QED) is 0.428. The number of nitrogens with one attached hydrogen (secondary N) is 1. The number of alkyl halides is 4. The highest BCUT2D eigenvalue weighted by molar-refractivity contribution is 7.75. The van der Waals surface area contributed by atoms with E-state index < -0.39 is 43.4 Å². The van der Waals surface area contributed by atoms with Gasteiger partial charge in [-0.15, -0.1) is 23.2 Å². The van der Waals surface area contributed by atoms with Gasteiger partial charge < -0.3 is 14.8 Å². The molecule has 1 heterocycles. The number of ether oxygens (including phenoxy) is 2. The summed E-state index contributed by atoms with van der Waals surface area (Å²) in [5.41, 5.74) is 0. The van der Waals surface area contributed by atoms with Crippen molar-refractivity contribution in [3.8, 4) is 11.5 Å². The molecule has 190 valence electrons. The lowest BCUT2D eigenvalue weighted by atomic mass is 9.83. The molecular formula is C20H21Cl6NO6S. The van der Waals surface area contributed by atoms with Crippen molar-refractivity contribution in [2.24, 2.45) is 11.8 Å². The molecule has 1 aliphatic heterocycles. The maximum Gasteiger partial charge on any atom is 0.412 e. The predicted octanol–water partition coefficient (Wildman–Crippen LogP) is 5.88. The molecular weight excluding hydrogens is 595 g/mol. The average molecular weight is 616 g/mol. The van der Waals surface area contributed by atoms with Crippen LogP contribution in [-0.4, -0.2) is 50.7 Å². The number of carbonyl (C=O) groups excluding carboxylic acids is 1. The highest BCUT2D eigenvalue weighted by atomic mass is 35.5. The number of benzene rings is 1. The molecule has 4 unspecified atom stereocenters. The van der Waals surface area contributed by atoms with Crippen molar-refractivity contribution in [3.05, 3.63) is 34.3 Å². The van der Waals surface area contributed by atoms with Crippen LogP contribution >= 0.6 is 69.6 Å². The third-order valence-corrected chi connectivity index (χ3v) is 10.6. The van der Waals surface area contributed by atoms with Crippen LogP contribution in [0.15, 0.2) is 34.3 Å². The van der Waals surface area contributed by atoms with E-state index in [2.05, 4.69) is 5.32 Å². The molecule has 4 atom stereocenters. The van der Waals surface area contributed by atoms with Gasteiger partial charge in [0.15, 0.2) is 15.8 Å². The summed E-state index contributed by atoms with van der Waals surface area (Å²) >= 11 is 36.4. The van der Waals surface area contributed by atoms with E-state index >= 15 is 0 Å². The third-order valence-electron chi connectivity index (χ3n) is 5.56. The summed E-state index contributed by atoms with van der Waals surface area (Å²) in [4.78, 5) is 8.25. The molecule has 3 aliphatic rings. The SMILES string of the molecule is CNC(=O)Oc1ccccc1OC(C)C.O=S1OCC2C(CO1)C1(Cl)C(Cl)=C(Cl)C2(Cl)C1(Cl)Cl. The molecule has 1 saturated carbocycles. The Labute approximate surface area is 230 Å². The molecule has 34 heavy (non-hydrogen) atoms. The van der Waals surface area contributed by atoms with Gasteiger partial charge in [-0.25, -0.2) is 4.79 Å². The normalized spacial score (nSPS) is 33.5. The van der Waals surface area contributed by atoms with Crippen molar-refractivity contribution in [1.29, 1.82) is 0 Å². The average Bonchev–Trinajstić information content (AvgIpc) is 2.94. The molecule has 1 amide bonds. The van der Waals surface area contributed by atoms with E-state index in [9.17, 15) is 9.00 Å². The third kappa shape index (κ3) is 4.63. The molecule has 7 nitrogen and oxygen atoms in total. The molecule has 1 N–H and O–H groups in total. The predicted molar refractivity (Wildman–Crippen MR) is 135 cm³/mol. The first-order valence-corrected chi connectivity index (χ1v) is 13.2. The fourth-order valence-electron chi connectivity index (χ4n) is 4.00. The zero-order valence-electron chi connectivity index (χ0n) is 18.1. The van der Waals surface area contributed by atoms with Crippen molar-refractivity contribution in [1.82, 2.24) is 5.32 Å². The van der Waals surface area contributed by atoms with Crippen LogP contribution in [0, 0.1) is 11.8 Å². The van der Waals surface area contributed by atoms with Gasteiger partial charge in [0.2, 0.25) is 0 Å². The molecule has 14 heteroatoms. The van der Waals surface area contributed by atoms with Gasteiger partial charge in [-0.1, -0.05) is 58.5 Å². The van der Waals surface area contributed by atoms with Gasteiger partial charge in [0, 0.05) is 18.9 Å². The van der Waals surface area contributed by atoms with Crippen molar-refractivity contribution in [2.45, 2.75) is 34.0 Å². The molecule has 1 saturated heterocycles. The van der Waals surface area contributed by atoms with Crippen molar-refractivity contribution in [3.63, 3.8) is 0 Å². The number of hydrogen-bond acceptors (Lipinski definition) is 6. The minimum absolute atomic E-state index is 0.0107. The summed E-state index contributed by atoms with van der Waals surface area (Å²) in [5, 5.41) is 2.59. The van der Waals surface area contributed by atoms with Crippen molar-refractivity contribution < 1.29 is 26.8 Å². The molecule has 2 bridgehead atoms. The van der Waals surface area contributed by atoms with Gasteiger partial charge in [-0.3, -0.25) is 8.37 Å². The standard InChI is InChI=1S/C11H15NO3.C9H6Cl6O3S/c1-8(2)14-9-6-4-5-7-10(9)15-11(13)12-3;10-5-6(11)8(13)4-2-18-19(16)17-1-3(4)7(5,12)9(8,14)15/h4-8H,1-3H3,(H,12,13);3-4H,1-2H2. The lowest BCUT2D eigenvalue weighted by Crippen LogP contribution is -2.45. The van der Waals surface area contributed by atoms with Crippen LogP contribution < -0.4 is 14.8 Å². The fourth-order valence-corrected chi connectivity index (χ4v) is 7.64. The Balaban J connectivity index is 0.000000197. The Morgan fingerprint density at radius 1 is 1.03 bits per heavy atom. The van der Waals surface area contributed by atoms with Crippen LogP contribution in [-0.2, 0) is 19.7 Å². The summed E-state index contributed by atoms with van der Waals surface area (Å²) < 4.78 is 30.3. The second-order valence-corrected chi connectivity index (χ2v) is 12.0. The number of halogens is 6. The highest BCUT2D eigenvalue weighted by Crippen LogP contribution is 2.76. The molecule has 2 aliphatic carbocycles. The smallest absolute Gasteiger partial charge is 0.412 e. The van der Waals surface area contributed by atoms with E-state index in [0.717, 1.165) is 0 Å². The summed E-state index contributed by atoms with van der Waals surface area (Å²) in [6.07, 6.45) is -0.464. The van der Waals surface area contributed by atoms with Crippen molar-refractivity contribution >= 4 is 87.1 Å². The molecule has 1 aromatic carbocycles. The van der Waals surface area contributed by atoms with Gasteiger partial charge >= 0.3 is 17.5 Å². The Morgan fingerprint density at radius 2 is 1.50 bits per heavy atom. The number of carbonyl (C=O) groups is 1. The first kappa shape index (κ1) is 28.4. The highest BCUT2D eigenvalue weighted by Gasteiger charge is 2.82. The van der Waals surface area contributed by atoms with Crippen LogP contribution in [0.3, 0.4) is 0 Å². The number of amides is 1. The maximum atomic E-state index is 11.3. The summed E-state index contributed by atoms with van der Waals surface area (Å²) in [5.74, 6) is 0.0767. The first-order chi connectivity index (χ1) is 15.8.